The third-order valence-corrected chi connectivity index (χ3v) is 11.2. The average Bonchev–Trinajstić information content (AvgIpc) is 3.44. The molecular weight excluding hydrogens is 534 g/mol. The van der Waals surface area contributed by atoms with Crippen LogP contribution in [0.25, 0.3) is 10.4 Å². The lowest BCUT2D eigenvalue weighted by Gasteiger charge is -2.28. The minimum Gasteiger partial charge on any atom is -0.447 e. The zero-order valence-electron chi connectivity index (χ0n) is 22.9. The van der Waals surface area contributed by atoms with E-state index in [9.17, 15) is 13.2 Å². The standard InChI is InChI=1S/C28H37N5O4S2/c1-17(2)37-28(34)31-20-10-8-19(9-11-20)27-29-16-24(38-27)23-13-12-21(30-26-14-18(3)33(4)32-26)15-25(23)39(35,36)22-6-5-7-22/h12-17,19-20,22H,5-11H2,1-4H3,(H,30,32)(H,31,34). The van der Waals surface area contributed by atoms with Gasteiger partial charge in [-0.3, -0.25) is 4.68 Å². The van der Waals surface area contributed by atoms with Gasteiger partial charge in [0.2, 0.25) is 0 Å². The summed E-state index contributed by atoms with van der Waals surface area (Å²) in [6.45, 7) is 5.65. The summed E-state index contributed by atoms with van der Waals surface area (Å²) in [4.78, 5) is 17.9. The van der Waals surface area contributed by atoms with Gasteiger partial charge in [0.15, 0.2) is 15.7 Å². The second-order valence-electron chi connectivity index (χ2n) is 10.9. The van der Waals surface area contributed by atoms with Gasteiger partial charge in [0, 0.05) is 48.2 Å². The molecule has 2 aliphatic carbocycles. The van der Waals surface area contributed by atoms with E-state index < -0.39 is 9.84 Å². The van der Waals surface area contributed by atoms with Crippen LogP contribution < -0.4 is 10.6 Å². The van der Waals surface area contributed by atoms with E-state index in [1.807, 2.05) is 52.2 Å². The third kappa shape index (κ3) is 6.14. The Bertz CT molecular complexity index is 1410. The first-order valence-corrected chi connectivity index (χ1v) is 16.1. The van der Waals surface area contributed by atoms with Crippen LogP contribution in [-0.2, 0) is 21.6 Å². The summed E-state index contributed by atoms with van der Waals surface area (Å²) in [6, 6.07) is 7.59. The number of hydrogen-bond acceptors (Lipinski definition) is 8. The molecular formula is C28H37N5O4S2. The van der Waals surface area contributed by atoms with E-state index in [-0.39, 0.29) is 23.5 Å². The van der Waals surface area contributed by atoms with Crippen molar-refractivity contribution in [2.45, 2.75) is 93.9 Å². The molecule has 1 amide bonds. The minimum atomic E-state index is -3.48. The van der Waals surface area contributed by atoms with Crippen molar-refractivity contribution in [3.63, 3.8) is 0 Å². The number of alkyl carbamates (subject to hydrolysis) is 1. The van der Waals surface area contributed by atoms with Crippen LogP contribution in [0, 0.1) is 6.92 Å². The largest absolute Gasteiger partial charge is 0.447 e. The smallest absolute Gasteiger partial charge is 0.407 e. The van der Waals surface area contributed by atoms with Gasteiger partial charge in [-0.25, -0.2) is 18.2 Å². The van der Waals surface area contributed by atoms with Crippen molar-refractivity contribution in [2.75, 3.05) is 5.32 Å². The molecule has 0 bridgehead atoms. The molecule has 0 saturated heterocycles. The summed E-state index contributed by atoms with van der Waals surface area (Å²) < 4.78 is 34.3. The Kier molecular flexibility index (Phi) is 8.00. The van der Waals surface area contributed by atoms with Crippen molar-refractivity contribution in [3.05, 3.63) is 41.2 Å². The van der Waals surface area contributed by atoms with Crippen LogP contribution in [-0.4, -0.2) is 46.7 Å². The number of aryl methyl sites for hydroxylation is 2. The number of aromatic nitrogens is 3. The third-order valence-electron chi connectivity index (χ3n) is 7.70. The van der Waals surface area contributed by atoms with Gasteiger partial charge in [-0.05, 0) is 71.4 Å². The number of anilines is 2. The Morgan fingerprint density at radius 3 is 2.49 bits per heavy atom. The Hall–Kier alpha value is -2.92. The zero-order chi connectivity index (χ0) is 27.7. The molecule has 0 aliphatic heterocycles. The van der Waals surface area contributed by atoms with Gasteiger partial charge in [0.1, 0.15) is 0 Å². The molecule has 1 aromatic carbocycles. The van der Waals surface area contributed by atoms with Crippen LogP contribution in [0.4, 0.5) is 16.3 Å². The summed E-state index contributed by atoms with van der Waals surface area (Å²) >= 11 is 1.58. The molecule has 2 fully saturated rings. The Balaban J connectivity index is 1.35. The highest BCUT2D eigenvalue weighted by Crippen LogP contribution is 2.42. The predicted octanol–water partition coefficient (Wildman–Crippen LogP) is 6.08. The second-order valence-corrected chi connectivity index (χ2v) is 14.2. The van der Waals surface area contributed by atoms with Crippen molar-refractivity contribution in [2.24, 2.45) is 7.05 Å². The maximum Gasteiger partial charge on any atom is 0.407 e. The van der Waals surface area contributed by atoms with Crippen LogP contribution in [0.15, 0.2) is 35.4 Å². The Morgan fingerprint density at radius 1 is 1.13 bits per heavy atom. The highest BCUT2D eigenvalue weighted by Gasteiger charge is 2.35. The van der Waals surface area contributed by atoms with E-state index in [0.29, 0.717) is 40.7 Å². The fraction of sp³-hybridized carbons (Fsp3) is 0.536. The molecule has 11 heteroatoms. The average molecular weight is 572 g/mol. The molecule has 2 aliphatic rings. The number of sulfone groups is 1. The van der Waals surface area contributed by atoms with E-state index in [0.717, 1.165) is 47.7 Å². The lowest BCUT2D eigenvalue weighted by molar-refractivity contribution is 0.109. The van der Waals surface area contributed by atoms with Gasteiger partial charge in [-0.15, -0.1) is 11.3 Å². The Morgan fingerprint density at radius 2 is 1.87 bits per heavy atom. The summed E-state index contributed by atoms with van der Waals surface area (Å²) in [7, 11) is -1.60. The second kappa shape index (κ2) is 11.3. The van der Waals surface area contributed by atoms with Gasteiger partial charge < -0.3 is 15.4 Å². The van der Waals surface area contributed by atoms with Crippen molar-refractivity contribution in [1.29, 1.82) is 0 Å². The highest BCUT2D eigenvalue weighted by atomic mass is 32.2. The molecule has 2 N–H and O–H groups in total. The topological polar surface area (TPSA) is 115 Å². The maximum atomic E-state index is 13.7. The number of nitrogens with zero attached hydrogens (tertiary/aromatic N) is 3. The van der Waals surface area contributed by atoms with Gasteiger partial charge in [-0.1, -0.05) is 12.5 Å². The molecule has 3 aromatic rings. The summed E-state index contributed by atoms with van der Waals surface area (Å²) in [6.07, 6.45) is 7.22. The molecule has 0 atom stereocenters. The predicted molar refractivity (Wildman–Crippen MR) is 153 cm³/mol. The van der Waals surface area contributed by atoms with Gasteiger partial charge in [0.25, 0.3) is 0 Å². The molecule has 2 saturated carbocycles. The first kappa shape index (κ1) is 27.6. The number of carbonyl (C=O) groups excluding carboxylic acids is 1. The van der Waals surface area contributed by atoms with Crippen molar-refractivity contribution in [3.8, 4) is 10.4 Å². The molecule has 0 spiro atoms. The fourth-order valence-corrected chi connectivity index (χ4v) is 8.45. The molecule has 39 heavy (non-hydrogen) atoms. The van der Waals surface area contributed by atoms with Crippen LogP contribution in [0.2, 0.25) is 0 Å². The lowest BCUT2D eigenvalue weighted by Crippen LogP contribution is -2.38. The molecule has 9 nitrogen and oxygen atoms in total. The molecule has 2 aromatic heterocycles. The van der Waals surface area contributed by atoms with Crippen molar-refractivity contribution in [1.82, 2.24) is 20.1 Å². The van der Waals surface area contributed by atoms with Crippen LogP contribution >= 0.6 is 11.3 Å². The number of ether oxygens (including phenoxy) is 1. The number of thiazole rings is 1. The number of amides is 1. The zero-order valence-corrected chi connectivity index (χ0v) is 24.6. The molecule has 210 valence electrons. The van der Waals surface area contributed by atoms with E-state index in [1.54, 1.807) is 22.1 Å². The van der Waals surface area contributed by atoms with Crippen molar-refractivity contribution < 1.29 is 17.9 Å². The van der Waals surface area contributed by atoms with Crippen LogP contribution in [0.1, 0.15) is 75.4 Å². The monoisotopic (exact) mass is 571 g/mol. The van der Waals surface area contributed by atoms with Gasteiger partial charge >= 0.3 is 6.09 Å². The number of nitrogens with one attached hydrogen (secondary N) is 2. The molecule has 0 unspecified atom stereocenters. The number of rotatable bonds is 8. The normalized spacial score (nSPS) is 20.0. The first-order valence-electron chi connectivity index (χ1n) is 13.7. The van der Waals surface area contributed by atoms with Crippen LogP contribution in [0.5, 0.6) is 0 Å². The van der Waals surface area contributed by atoms with Gasteiger partial charge in [-0.2, -0.15) is 5.10 Å². The highest BCUT2D eigenvalue weighted by molar-refractivity contribution is 7.92. The minimum absolute atomic E-state index is 0.106. The molecule has 5 rings (SSSR count). The maximum absolute atomic E-state index is 13.7. The van der Waals surface area contributed by atoms with E-state index in [1.165, 1.54) is 0 Å². The number of benzene rings is 1. The van der Waals surface area contributed by atoms with Gasteiger partial charge in [0.05, 0.1) is 26.1 Å². The fourth-order valence-electron chi connectivity index (χ4n) is 5.17. The molecule has 0 radical (unpaired) electrons. The number of carbonyl (C=O) groups is 1. The summed E-state index contributed by atoms with van der Waals surface area (Å²) in [5.74, 6) is 0.973. The van der Waals surface area contributed by atoms with E-state index >= 15 is 0 Å². The first-order chi connectivity index (χ1) is 18.6. The van der Waals surface area contributed by atoms with Crippen LogP contribution in [0.3, 0.4) is 0 Å². The van der Waals surface area contributed by atoms with E-state index in [4.69, 9.17) is 9.72 Å². The SMILES string of the molecule is Cc1cc(Nc2ccc(-c3cnc(C4CCC(NC(=O)OC(C)C)CC4)s3)c(S(=O)(=O)C3CCC3)c2)nn1C. The number of hydrogen-bond donors (Lipinski definition) is 2. The molecule has 2 heterocycles. The van der Waals surface area contributed by atoms with Crippen molar-refractivity contribution >= 4 is 38.8 Å². The van der Waals surface area contributed by atoms with E-state index in [2.05, 4.69) is 15.7 Å². The lowest BCUT2D eigenvalue weighted by atomic mass is 9.86. The quantitative estimate of drug-likeness (QED) is 0.337. The Labute approximate surface area is 234 Å². The summed E-state index contributed by atoms with van der Waals surface area (Å²) in [5, 5.41) is 11.4. The summed E-state index contributed by atoms with van der Waals surface area (Å²) in [5.41, 5.74) is 2.41.